The van der Waals surface area contributed by atoms with Crippen LogP contribution in [0, 0.1) is 11.6 Å². The van der Waals surface area contributed by atoms with Crippen molar-refractivity contribution >= 4 is 11.3 Å². The topological polar surface area (TPSA) is 9.23 Å². The first kappa shape index (κ1) is 9.15. The summed E-state index contributed by atoms with van der Waals surface area (Å²) in [5.74, 6) is -1.95. The summed E-state index contributed by atoms with van der Waals surface area (Å²) in [6.07, 6.45) is 0. The summed E-state index contributed by atoms with van der Waals surface area (Å²) in [6, 6.07) is 7.31. The SMILES string of the molecule is Fc1cccc(Oc2cccs2)c1F. The van der Waals surface area contributed by atoms with Crippen molar-refractivity contribution in [2.24, 2.45) is 0 Å². The first-order valence-corrected chi connectivity index (χ1v) is 4.81. The molecular weight excluding hydrogens is 206 g/mol. The van der Waals surface area contributed by atoms with E-state index in [0.717, 1.165) is 6.07 Å². The molecule has 1 aromatic heterocycles. The molecule has 1 aromatic carbocycles. The highest BCUT2D eigenvalue weighted by molar-refractivity contribution is 7.11. The predicted molar refractivity (Wildman–Crippen MR) is 50.8 cm³/mol. The lowest BCUT2D eigenvalue weighted by molar-refractivity contribution is 0.423. The molecule has 1 nitrogen and oxygen atoms in total. The minimum atomic E-state index is -0.957. The standard InChI is InChI=1S/C10H6F2OS/c11-7-3-1-4-8(10(7)12)13-9-5-2-6-14-9/h1-6H. The lowest BCUT2D eigenvalue weighted by Crippen LogP contribution is -1.89. The van der Waals surface area contributed by atoms with Crippen molar-refractivity contribution < 1.29 is 13.5 Å². The van der Waals surface area contributed by atoms with Crippen molar-refractivity contribution in [3.05, 3.63) is 47.3 Å². The highest BCUT2D eigenvalue weighted by atomic mass is 32.1. The highest BCUT2D eigenvalue weighted by Gasteiger charge is 2.09. The van der Waals surface area contributed by atoms with Gasteiger partial charge >= 0.3 is 0 Å². The van der Waals surface area contributed by atoms with E-state index in [1.54, 1.807) is 17.5 Å². The maximum atomic E-state index is 13.1. The number of halogens is 2. The second kappa shape index (κ2) is 3.75. The van der Waals surface area contributed by atoms with Crippen LogP contribution < -0.4 is 4.74 Å². The van der Waals surface area contributed by atoms with Gasteiger partial charge in [-0.2, -0.15) is 4.39 Å². The Morgan fingerprint density at radius 1 is 1.07 bits per heavy atom. The Bertz CT molecular complexity index is 426. The third-order valence-electron chi connectivity index (χ3n) is 1.62. The first-order chi connectivity index (χ1) is 6.77. The fourth-order valence-corrected chi connectivity index (χ4v) is 1.58. The van der Waals surface area contributed by atoms with Crippen LogP contribution in [0.3, 0.4) is 0 Å². The molecule has 2 aromatic rings. The van der Waals surface area contributed by atoms with Gasteiger partial charge in [0.25, 0.3) is 0 Å². The maximum absolute atomic E-state index is 13.1. The van der Waals surface area contributed by atoms with E-state index in [9.17, 15) is 8.78 Å². The summed E-state index contributed by atoms with van der Waals surface area (Å²) in [6.45, 7) is 0. The van der Waals surface area contributed by atoms with Crippen LogP contribution in [-0.2, 0) is 0 Å². The van der Waals surface area contributed by atoms with Crippen molar-refractivity contribution in [3.63, 3.8) is 0 Å². The Hall–Kier alpha value is -1.42. The van der Waals surface area contributed by atoms with Crippen molar-refractivity contribution in [3.8, 4) is 10.8 Å². The summed E-state index contributed by atoms with van der Waals surface area (Å²) in [4.78, 5) is 0. The van der Waals surface area contributed by atoms with Crippen LogP contribution >= 0.6 is 11.3 Å². The number of thiophene rings is 1. The number of hydrogen-bond donors (Lipinski definition) is 0. The van der Waals surface area contributed by atoms with Crippen LogP contribution in [0.25, 0.3) is 0 Å². The lowest BCUT2D eigenvalue weighted by atomic mass is 10.3. The molecular formula is C10H6F2OS. The lowest BCUT2D eigenvalue weighted by Gasteiger charge is -2.03. The van der Waals surface area contributed by atoms with Crippen molar-refractivity contribution in [1.29, 1.82) is 0 Å². The zero-order valence-corrected chi connectivity index (χ0v) is 7.85. The normalized spacial score (nSPS) is 10.1. The van der Waals surface area contributed by atoms with Crippen LogP contribution in [0.5, 0.6) is 10.8 Å². The van der Waals surface area contributed by atoms with E-state index < -0.39 is 11.6 Å². The van der Waals surface area contributed by atoms with E-state index in [1.807, 2.05) is 0 Å². The van der Waals surface area contributed by atoms with Gasteiger partial charge < -0.3 is 4.74 Å². The van der Waals surface area contributed by atoms with E-state index in [4.69, 9.17) is 4.74 Å². The molecule has 0 fully saturated rings. The fraction of sp³-hybridized carbons (Fsp3) is 0. The zero-order valence-electron chi connectivity index (χ0n) is 7.04. The van der Waals surface area contributed by atoms with Gasteiger partial charge in [0.15, 0.2) is 16.6 Å². The molecule has 14 heavy (non-hydrogen) atoms. The largest absolute Gasteiger partial charge is 0.443 e. The van der Waals surface area contributed by atoms with Crippen molar-refractivity contribution in [2.75, 3.05) is 0 Å². The van der Waals surface area contributed by atoms with Gasteiger partial charge in [-0.3, -0.25) is 0 Å². The summed E-state index contributed by atoms with van der Waals surface area (Å²) >= 11 is 1.32. The minimum absolute atomic E-state index is 0.0903. The molecule has 1 heterocycles. The Morgan fingerprint density at radius 2 is 1.93 bits per heavy atom. The Kier molecular flexibility index (Phi) is 2.45. The van der Waals surface area contributed by atoms with Gasteiger partial charge in [-0.15, -0.1) is 11.3 Å². The van der Waals surface area contributed by atoms with Crippen molar-refractivity contribution in [1.82, 2.24) is 0 Å². The molecule has 0 aliphatic carbocycles. The van der Waals surface area contributed by atoms with Crippen LogP contribution in [0.1, 0.15) is 0 Å². The van der Waals surface area contributed by atoms with Gasteiger partial charge in [0.2, 0.25) is 5.82 Å². The van der Waals surface area contributed by atoms with Crippen LogP contribution in [0.4, 0.5) is 8.78 Å². The Morgan fingerprint density at radius 3 is 2.64 bits per heavy atom. The summed E-state index contributed by atoms with van der Waals surface area (Å²) in [7, 11) is 0. The van der Waals surface area contributed by atoms with Crippen LogP contribution in [0.15, 0.2) is 35.7 Å². The molecule has 0 amide bonds. The molecule has 0 aliphatic rings. The van der Waals surface area contributed by atoms with E-state index in [1.165, 1.54) is 23.5 Å². The zero-order chi connectivity index (χ0) is 9.97. The Labute approximate surface area is 83.6 Å². The van der Waals surface area contributed by atoms with E-state index in [0.29, 0.717) is 5.06 Å². The average Bonchev–Trinajstić information content (AvgIpc) is 2.66. The van der Waals surface area contributed by atoms with E-state index in [-0.39, 0.29) is 5.75 Å². The van der Waals surface area contributed by atoms with Crippen LogP contribution in [0.2, 0.25) is 0 Å². The molecule has 0 bridgehead atoms. The summed E-state index contributed by atoms with van der Waals surface area (Å²) in [5, 5.41) is 2.33. The predicted octanol–water partition coefficient (Wildman–Crippen LogP) is 3.82. The van der Waals surface area contributed by atoms with Gasteiger partial charge in [-0.1, -0.05) is 6.07 Å². The Balaban J connectivity index is 2.29. The molecule has 2 rings (SSSR count). The first-order valence-electron chi connectivity index (χ1n) is 3.93. The van der Waals surface area contributed by atoms with Gasteiger partial charge in [-0.25, -0.2) is 4.39 Å². The molecule has 0 saturated heterocycles. The molecule has 0 spiro atoms. The smallest absolute Gasteiger partial charge is 0.201 e. The van der Waals surface area contributed by atoms with Gasteiger partial charge in [0, 0.05) is 0 Å². The third kappa shape index (κ3) is 1.75. The average molecular weight is 212 g/mol. The van der Waals surface area contributed by atoms with Gasteiger partial charge in [0.1, 0.15) is 0 Å². The number of rotatable bonds is 2. The molecule has 0 aliphatic heterocycles. The number of hydrogen-bond acceptors (Lipinski definition) is 2. The monoisotopic (exact) mass is 212 g/mol. The number of benzene rings is 1. The van der Waals surface area contributed by atoms with E-state index >= 15 is 0 Å². The maximum Gasteiger partial charge on any atom is 0.201 e. The molecule has 0 atom stereocenters. The summed E-state index contributed by atoms with van der Waals surface area (Å²) < 4.78 is 31.0. The van der Waals surface area contributed by atoms with Gasteiger partial charge in [0.05, 0.1) is 0 Å². The molecule has 0 radical (unpaired) electrons. The molecule has 4 heteroatoms. The van der Waals surface area contributed by atoms with E-state index in [2.05, 4.69) is 0 Å². The van der Waals surface area contributed by atoms with Crippen LogP contribution in [-0.4, -0.2) is 0 Å². The summed E-state index contributed by atoms with van der Waals surface area (Å²) in [5.41, 5.74) is 0. The molecule has 0 N–H and O–H groups in total. The highest BCUT2D eigenvalue weighted by Crippen LogP contribution is 2.28. The number of ether oxygens (including phenoxy) is 1. The molecule has 72 valence electrons. The second-order valence-corrected chi connectivity index (χ2v) is 3.50. The van der Waals surface area contributed by atoms with Gasteiger partial charge in [-0.05, 0) is 29.6 Å². The second-order valence-electron chi connectivity index (χ2n) is 2.59. The van der Waals surface area contributed by atoms with Crippen molar-refractivity contribution in [2.45, 2.75) is 0 Å². The molecule has 0 unspecified atom stereocenters. The fourth-order valence-electron chi connectivity index (χ4n) is 0.993. The molecule has 0 saturated carbocycles. The quantitative estimate of drug-likeness (QED) is 0.735. The third-order valence-corrected chi connectivity index (χ3v) is 2.37. The minimum Gasteiger partial charge on any atom is -0.443 e.